The molecule has 0 spiro atoms. The van der Waals surface area contributed by atoms with Crippen LogP contribution in [0.2, 0.25) is 0 Å². The van der Waals surface area contributed by atoms with E-state index in [1.165, 1.54) is 24.3 Å². The van der Waals surface area contributed by atoms with Crippen molar-refractivity contribution >= 4 is 45.8 Å². The van der Waals surface area contributed by atoms with Gasteiger partial charge in [0.05, 0.1) is 28.8 Å². The molecule has 0 radical (unpaired) electrons. The number of aromatic nitrogens is 1. The Morgan fingerprint density at radius 3 is 2.61 bits per heavy atom. The number of hydrogen-bond acceptors (Lipinski definition) is 7. The molecule has 0 saturated carbocycles. The zero-order valence-corrected chi connectivity index (χ0v) is 20.5. The van der Waals surface area contributed by atoms with Gasteiger partial charge in [0.2, 0.25) is 0 Å². The minimum absolute atomic E-state index is 0.155. The molecule has 5 rings (SSSR count). The van der Waals surface area contributed by atoms with E-state index in [2.05, 4.69) is 11.4 Å². The van der Waals surface area contributed by atoms with Crippen LogP contribution in [0.3, 0.4) is 0 Å². The Labute approximate surface area is 217 Å². The number of non-ortho nitro benzene ring substituents is 1. The molecule has 0 saturated heterocycles. The first-order valence-electron chi connectivity index (χ1n) is 11.9. The molecule has 3 aromatic carbocycles. The molecule has 0 fully saturated rings. The molecule has 1 aliphatic carbocycles. The van der Waals surface area contributed by atoms with Gasteiger partial charge in [0.1, 0.15) is 5.75 Å². The Morgan fingerprint density at radius 1 is 1.05 bits per heavy atom. The van der Waals surface area contributed by atoms with Crippen LogP contribution >= 0.6 is 0 Å². The lowest BCUT2D eigenvalue weighted by atomic mass is 10.0. The largest absolute Gasteiger partial charge is 0.497 e. The van der Waals surface area contributed by atoms with E-state index >= 15 is 0 Å². The highest BCUT2D eigenvalue weighted by Crippen LogP contribution is 2.38. The number of nitro groups is 1. The van der Waals surface area contributed by atoms with Gasteiger partial charge < -0.3 is 14.8 Å². The number of nitrogens with one attached hydrogen (secondary N) is 1. The number of nitro benzene ring substituents is 1. The average Bonchev–Trinajstić information content (AvgIpc) is 3.32. The lowest BCUT2D eigenvalue weighted by molar-refractivity contribution is -0.384. The highest BCUT2D eigenvalue weighted by Gasteiger charge is 2.28. The van der Waals surface area contributed by atoms with E-state index in [4.69, 9.17) is 14.5 Å². The van der Waals surface area contributed by atoms with E-state index in [9.17, 15) is 19.7 Å². The van der Waals surface area contributed by atoms with Gasteiger partial charge in [-0.05, 0) is 59.9 Å². The van der Waals surface area contributed by atoms with Crippen molar-refractivity contribution in [1.82, 2.24) is 4.98 Å². The number of carbonyl (C=O) groups is 2. The third kappa shape index (κ3) is 5.08. The van der Waals surface area contributed by atoms with E-state index in [-0.39, 0.29) is 11.4 Å². The minimum Gasteiger partial charge on any atom is -0.497 e. The maximum absolute atomic E-state index is 13.3. The Kier molecular flexibility index (Phi) is 6.82. The number of amides is 1. The van der Waals surface area contributed by atoms with Crippen molar-refractivity contribution in [2.24, 2.45) is 0 Å². The maximum Gasteiger partial charge on any atom is 0.339 e. The molecule has 0 bridgehead atoms. The average molecular weight is 510 g/mol. The molecule has 9 nitrogen and oxygen atoms in total. The summed E-state index contributed by atoms with van der Waals surface area (Å²) in [5, 5.41) is 14.2. The lowest BCUT2D eigenvalue weighted by Gasteiger charge is -2.12. The second-order valence-corrected chi connectivity index (χ2v) is 8.71. The zero-order valence-electron chi connectivity index (χ0n) is 20.5. The van der Waals surface area contributed by atoms with Gasteiger partial charge in [-0.2, -0.15) is 0 Å². The molecule has 1 heterocycles. The molecule has 4 aromatic rings. The Hall–Kier alpha value is -5.05. The van der Waals surface area contributed by atoms with Crippen LogP contribution in [0.25, 0.3) is 22.6 Å². The van der Waals surface area contributed by atoms with E-state index in [1.54, 1.807) is 7.11 Å². The highest BCUT2D eigenvalue weighted by molar-refractivity contribution is 6.08. The van der Waals surface area contributed by atoms with E-state index in [0.717, 1.165) is 28.1 Å². The van der Waals surface area contributed by atoms with Gasteiger partial charge >= 0.3 is 5.97 Å². The quantitative estimate of drug-likeness (QED) is 0.200. The third-order valence-electron chi connectivity index (χ3n) is 6.28. The van der Waals surface area contributed by atoms with Crippen LogP contribution in [0.5, 0.6) is 5.75 Å². The molecule has 0 unspecified atom stereocenters. The number of esters is 1. The number of carbonyl (C=O) groups excluding carboxylic acids is 2. The number of benzene rings is 3. The van der Waals surface area contributed by atoms with Crippen molar-refractivity contribution < 1.29 is 24.0 Å². The number of methoxy groups -OCH3 is 1. The fourth-order valence-electron chi connectivity index (χ4n) is 4.51. The van der Waals surface area contributed by atoms with Gasteiger partial charge in [-0.1, -0.05) is 36.4 Å². The number of para-hydroxylation sites is 1. The number of ether oxygens (including phenoxy) is 2. The Bertz CT molecular complexity index is 1590. The van der Waals surface area contributed by atoms with Gasteiger partial charge in [0.25, 0.3) is 11.6 Å². The first-order valence-corrected chi connectivity index (χ1v) is 11.9. The number of nitrogens with zero attached hydrogens (tertiary/aromatic N) is 2. The molecular formula is C29H23N3O6. The summed E-state index contributed by atoms with van der Waals surface area (Å²) in [5.41, 5.74) is 4.66. The first kappa shape index (κ1) is 24.6. The van der Waals surface area contributed by atoms with Crippen LogP contribution in [0.4, 0.5) is 11.4 Å². The van der Waals surface area contributed by atoms with Gasteiger partial charge in [-0.25, -0.2) is 9.78 Å². The fraction of sp³-hybridized carbons (Fsp3) is 0.138. The number of rotatable bonds is 7. The summed E-state index contributed by atoms with van der Waals surface area (Å²) in [6.45, 7) is -0.540. The monoisotopic (exact) mass is 509 g/mol. The smallest absolute Gasteiger partial charge is 0.339 e. The summed E-state index contributed by atoms with van der Waals surface area (Å²) in [4.78, 5) is 41.0. The van der Waals surface area contributed by atoms with Crippen molar-refractivity contribution in [3.8, 4) is 5.75 Å². The standard InChI is InChI=1S/C29H23N3O6/c1-37-22-12-9-18(10-13-22)15-19-11-14-24-27(23-7-2-3-8-25(23)31-28(19)24)29(34)38-17-26(33)30-20-5-4-6-21(16-20)32(35)36/h2-10,12-13,15-16H,11,14,17H2,1H3,(H,30,33). The SMILES string of the molecule is COc1ccc(C=C2CCc3c2nc2ccccc2c3C(=O)OCC(=O)Nc2cccc([N+](=O)[O-])c2)cc1. The number of hydrogen-bond donors (Lipinski definition) is 1. The molecule has 1 aliphatic rings. The molecule has 1 aromatic heterocycles. The molecule has 9 heteroatoms. The van der Waals surface area contributed by atoms with Gasteiger partial charge in [0.15, 0.2) is 6.61 Å². The van der Waals surface area contributed by atoms with Crippen molar-refractivity contribution in [2.45, 2.75) is 12.8 Å². The zero-order chi connectivity index (χ0) is 26.6. The summed E-state index contributed by atoms with van der Waals surface area (Å²) >= 11 is 0. The van der Waals surface area contributed by atoms with E-state index < -0.39 is 23.4 Å². The Balaban J connectivity index is 1.40. The maximum atomic E-state index is 13.3. The van der Waals surface area contributed by atoms with Crippen LogP contribution < -0.4 is 10.1 Å². The second-order valence-electron chi connectivity index (χ2n) is 8.71. The molecular weight excluding hydrogens is 486 g/mol. The predicted molar refractivity (Wildman–Crippen MR) is 143 cm³/mol. The van der Waals surface area contributed by atoms with Crippen LogP contribution in [0.15, 0.2) is 72.8 Å². The molecule has 0 aliphatic heterocycles. The van der Waals surface area contributed by atoms with E-state index in [1.807, 2.05) is 48.5 Å². The van der Waals surface area contributed by atoms with Crippen LogP contribution in [-0.2, 0) is 16.0 Å². The van der Waals surface area contributed by atoms with Gasteiger partial charge in [-0.15, -0.1) is 0 Å². The predicted octanol–water partition coefficient (Wildman–Crippen LogP) is 5.43. The summed E-state index contributed by atoms with van der Waals surface area (Å²) in [6.07, 6.45) is 3.37. The van der Waals surface area contributed by atoms with Crippen LogP contribution in [0, 0.1) is 10.1 Å². The Morgan fingerprint density at radius 2 is 1.84 bits per heavy atom. The second kappa shape index (κ2) is 10.5. The molecule has 38 heavy (non-hydrogen) atoms. The highest BCUT2D eigenvalue weighted by atomic mass is 16.6. The first-order chi connectivity index (χ1) is 18.4. The number of pyridine rings is 1. The molecule has 190 valence electrons. The summed E-state index contributed by atoms with van der Waals surface area (Å²) in [7, 11) is 1.62. The number of anilines is 1. The number of fused-ring (bicyclic) bond motifs is 2. The van der Waals surface area contributed by atoms with Crippen LogP contribution in [-0.4, -0.2) is 35.5 Å². The summed E-state index contributed by atoms with van der Waals surface area (Å²) < 4.78 is 10.6. The number of allylic oxidation sites excluding steroid dienone is 1. The molecule has 1 N–H and O–H groups in total. The normalized spacial score (nSPS) is 13.2. The third-order valence-corrected chi connectivity index (χ3v) is 6.28. The fourth-order valence-corrected chi connectivity index (χ4v) is 4.51. The van der Waals surface area contributed by atoms with Gasteiger partial charge in [-0.3, -0.25) is 14.9 Å². The molecule has 0 atom stereocenters. The summed E-state index contributed by atoms with van der Waals surface area (Å²) in [6, 6.07) is 20.6. The van der Waals surface area contributed by atoms with Gasteiger partial charge in [0, 0.05) is 23.2 Å². The van der Waals surface area contributed by atoms with Crippen molar-refractivity contribution in [1.29, 1.82) is 0 Å². The van der Waals surface area contributed by atoms with Crippen molar-refractivity contribution in [3.05, 3.63) is 105 Å². The van der Waals surface area contributed by atoms with E-state index in [0.29, 0.717) is 29.3 Å². The molecule has 1 amide bonds. The van der Waals surface area contributed by atoms with Crippen molar-refractivity contribution in [3.63, 3.8) is 0 Å². The van der Waals surface area contributed by atoms with Crippen molar-refractivity contribution in [2.75, 3.05) is 19.0 Å². The minimum atomic E-state index is -0.625. The summed E-state index contributed by atoms with van der Waals surface area (Å²) in [5.74, 6) is -0.462. The lowest BCUT2D eigenvalue weighted by Crippen LogP contribution is -2.21. The topological polar surface area (TPSA) is 121 Å². The van der Waals surface area contributed by atoms with Crippen LogP contribution in [0.1, 0.15) is 33.6 Å².